The largest absolute Gasteiger partial charge is 0.351 e. The molecule has 2 rings (SSSR count). The van der Waals surface area contributed by atoms with Crippen LogP contribution >= 0.6 is 11.6 Å². The number of anilines is 1. The van der Waals surface area contributed by atoms with Crippen molar-refractivity contribution in [1.29, 1.82) is 0 Å². The first-order chi connectivity index (χ1) is 8.72. The fourth-order valence-electron chi connectivity index (χ4n) is 1.57. The summed E-state index contributed by atoms with van der Waals surface area (Å²) in [5.74, 6) is 0.891. The van der Waals surface area contributed by atoms with Crippen molar-refractivity contribution in [2.24, 2.45) is 0 Å². The summed E-state index contributed by atoms with van der Waals surface area (Å²) in [5.41, 5.74) is 0. The van der Waals surface area contributed by atoms with Gasteiger partial charge < -0.3 is 5.32 Å². The lowest BCUT2D eigenvalue weighted by molar-refractivity contribution is 0.661. The average molecular weight is 267 g/mol. The van der Waals surface area contributed by atoms with Gasteiger partial charge in [-0.3, -0.25) is 0 Å². The van der Waals surface area contributed by atoms with Crippen molar-refractivity contribution in [3.8, 4) is 5.95 Å². The molecular formula is C11H15ClN6. The monoisotopic (exact) mass is 266 g/mol. The number of nitrogens with zero attached hydrogens (tertiary/aromatic N) is 5. The van der Waals surface area contributed by atoms with Crippen LogP contribution in [0.1, 0.15) is 26.7 Å². The molecule has 0 unspecified atom stereocenters. The zero-order chi connectivity index (χ0) is 13.0. The molecule has 0 amide bonds. The standard InChI is InChI=1S/C11H15ClN6/c1-3-8(4-2)14-10-15-9(12)16-11(17-10)18-7-5-6-13-18/h5-8H,3-4H2,1-2H3,(H,14,15,16,17). The Kier molecular flexibility index (Phi) is 4.09. The fraction of sp³-hybridized carbons (Fsp3) is 0.455. The molecule has 0 aliphatic carbocycles. The molecule has 0 radical (unpaired) electrons. The minimum atomic E-state index is 0.156. The molecule has 0 fully saturated rings. The molecule has 0 saturated carbocycles. The fourth-order valence-corrected chi connectivity index (χ4v) is 1.72. The van der Waals surface area contributed by atoms with Crippen LogP contribution in [0.4, 0.5) is 5.95 Å². The van der Waals surface area contributed by atoms with Crippen molar-refractivity contribution in [3.63, 3.8) is 0 Å². The lowest BCUT2D eigenvalue weighted by Gasteiger charge is -2.14. The maximum Gasteiger partial charge on any atom is 0.256 e. The topological polar surface area (TPSA) is 68.5 Å². The van der Waals surface area contributed by atoms with Crippen LogP contribution in [0.25, 0.3) is 5.95 Å². The number of hydrogen-bond acceptors (Lipinski definition) is 5. The lowest BCUT2D eigenvalue weighted by Crippen LogP contribution is -2.20. The Morgan fingerprint density at radius 1 is 1.28 bits per heavy atom. The van der Waals surface area contributed by atoms with Crippen molar-refractivity contribution in [2.45, 2.75) is 32.7 Å². The van der Waals surface area contributed by atoms with E-state index in [1.807, 2.05) is 0 Å². The molecule has 0 aliphatic rings. The number of nitrogens with one attached hydrogen (secondary N) is 1. The summed E-state index contributed by atoms with van der Waals surface area (Å²) in [6, 6.07) is 2.13. The van der Waals surface area contributed by atoms with Crippen LogP contribution in [0.3, 0.4) is 0 Å². The van der Waals surface area contributed by atoms with E-state index in [9.17, 15) is 0 Å². The van der Waals surface area contributed by atoms with E-state index in [1.54, 1.807) is 23.1 Å². The molecule has 1 N–H and O–H groups in total. The van der Waals surface area contributed by atoms with Crippen LogP contribution in [0.2, 0.25) is 5.28 Å². The Morgan fingerprint density at radius 2 is 2.06 bits per heavy atom. The first kappa shape index (κ1) is 12.8. The summed E-state index contributed by atoms with van der Waals surface area (Å²) < 4.78 is 1.55. The summed E-state index contributed by atoms with van der Waals surface area (Å²) in [6.07, 6.45) is 5.41. The highest BCUT2D eigenvalue weighted by atomic mass is 35.5. The summed E-state index contributed by atoms with van der Waals surface area (Å²) in [4.78, 5) is 12.4. The highest BCUT2D eigenvalue weighted by molar-refractivity contribution is 6.28. The maximum absolute atomic E-state index is 5.89. The van der Waals surface area contributed by atoms with E-state index in [4.69, 9.17) is 11.6 Å². The third-order valence-electron chi connectivity index (χ3n) is 2.62. The summed E-state index contributed by atoms with van der Waals surface area (Å²) in [7, 11) is 0. The number of hydrogen-bond donors (Lipinski definition) is 1. The lowest BCUT2D eigenvalue weighted by atomic mass is 10.2. The summed E-state index contributed by atoms with van der Waals surface area (Å²) in [5, 5.41) is 7.46. The van der Waals surface area contributed by atoms with Gasteiger partial charge in [0.05, 0.1) is 0 Å². The maximum atomic E-state index is 5.89. The molecule has 0 aliphatic heterocycles. The number of rotatable bonds is 5. The van der Waals surface area contributed by atoms with Gasteiger partial charge in [-0.1, -0.05) is 13.8 Å². The quantitative estimate of drug-likeness (QED) is 0.899. The third-order valence-corrected chi connectivity index (χ3v) is 2.79. The Balaban J connectivity index is 2.27. The molecule has 0 atom stereocenters. The molecule has 18 heavy (non-hydrogen) atoms. The van der Waals surface area contributed by atoms with Gasteiger partial charge in [0.2, 0.25) is 11.2 Å². The van der Waals surface area contributed by atoms with Gasteiger partial charge in [-0.05, 0) is 30.5 Å². The van der Waals surface area contributed by atoms with Crippen LogP contribution in [-0.2, 0) is 0 Å². The van der Waals surface area contributed by atoms with Crippen LogP contribution in [0.15, 0.2) is 18.5 Å². The van der Waals surface area contributed by atoms with E-state index in [0.717, 1.165) is 12.8 Å². The van der Waals surface area contributed by atoms with Crippen molar-refractivity contribution in [2.75, 3.05) is 5.32 Å². The van der Waals surface area contributed by atoms with Crippen molar-refractivity contribution < 1.29 is 0 Å². The van der Waals surface area contributed by atoms with Crippen molar-refractivity contribution >= 4 is 17.5 Å². The average Bonchev–Trinajstić information content (AvgIpc) is 2.89. The molecule has 0 spiro atoms. The summed E-state index contributed by atoms with van der Waals surface area (Å²) in [6.45, 7) is 4.22. The van der Waals surface area contributed by atoms with Gasteiger partial charge in [-0.15, -0.1) is 0 Å². The van der Waals surface area contributed by atoms with Crippen LogP contribution in [-0.4, -0.2) is 30.8 Å². The molecule has 2 heterocycles. The van der Waals surface area contributed by atoms with E-state index in [2.05, 4.69) is 39.2 Å². The van der Waals surface area contributed by atoms with E-state index < -0.39 is 0 Å². The van der Waals surface area contributed by atoms with Gasteiger partial charge in [0.15, 0.2) is 0 Å². The molecule has 7 heteroatoms. The van der Waals surface area contributed by atoms with Gasteiger partial charge in [0.1, 0.15) is 0 Å². The number of aromatic nitrogens is 5. The Morgan fingerprint density at radius 3 is 2.67 bits per heavy atom. The normalized spacial score (nSPS) is 10.9. The first-order valence-electron chi connectivity index (χ1n) is 5.91. The molecule has 0 bridgehead atoms. The Hall–Kier alpha value is -1.69. The Labute approximate surface area is 110 Å². The third kappa shape index (κ3) is 2.95. The minimum absolute atomic E-state index is 0.156. The summed E-state index contributed by atoms with van der Waals surface area (Å²) >= 11 is 5.89. The van der Waals surface area contributed by atoms with Crippen LogP contribution in [0.5, 0.6) is 0 Å². The molecule has 2 aromatic rings. The highest BCUT2D eigenvalue weighted by Gasteiger charge is 2.10. The van der Waals surface area contributed by atoms with Gasteiger partial charge in [-0.2, -0.15) is 20.1 Å². The van der Waals surface area contributed by atoms with Crippen LogP contribution < -0.4 is 5.32 Å². The van der Waals surface area contributed by atoms with E-state index >= 15 is 0 Å². The molecular weight excluding hydrogens is 252 g/mol. The molecule has 0 aromatic carbocycles. The predicted molar refractivity (Wildman–Crippen MR) is 70.0 cm³/mol. The molecule has 0 saturated heterocycles. The minimum Gasteiger partial charge on any atom is -0.351 e. The molecule has 2 aromatic heterocycles. The second kappa shape index (κ2) is 5.77. The van der Waals surface area contributed by atoms with E-state index in [1.165, 1.54) is 0 Å². The predicted octanol–water partition coefficient (Wildman–Crippen LogP) is 2.31. The molecule has 6 nitrogen and oxygen atoms in total. The van der Waals surface area contributed by atoms with E-state index in [0.29, 0.717) is 17.9 Å². The highest BCUT2D eigenvalue weighted by Crippen LogP contribution is 2.11. The second-order valence-corrected chi connectivity index (χ2v) is 4.17. The van der Waals surface area contributed by atoms with Gasteiger partial charge in [0, 0.05) is 18.4 Å². The van der Waals surface area contributed by atoms with Crippen LogP contribution in [0, 0.1) is 0 Å². The zero-order valence-corrected chi connectivity index (χ0v) is 11.1. The molecule has 96 valence electrons. The van der Waals surface area contributed by atoms with Gasteiger partial charge in [-0.25, -0.2) is 4.68 Å². The smallest absolute Gasteiger partial charge is 0.256 e. The van der Waals surface area contributed by atoms with Crippen molar-refractivity contribution in [3.05, 3.63) is 23.7 Å². The first-order valence-corrected chi connectivity index (χ1v) is 6.28. The van der Waals surface area contributed by atoms with Crippen molar-refractivity contribution in [1.82, 2.24) is 24.7 Å². The SMILES string of the molecule is CCC(CC)Nc1nc(Cl)nc(-n2cccn2)n1. The van der Waals surface area contributed by atoms with Gasteiger partial charge >= 0.3 is 0 Å². The van der Waals surface area contributed by atoms with E-state index in [-0.39, 0.29) is 5.28 Å². The Bertz CT molecular complexity index is 494. The zero-order valence-electron chi connectivity index (χ0n) is 10.3. The number of halogens is 1. The second-order valence-electron chi connectivity index (χ2n) is 3.84. The van der Waals surface area contributed by atoms with Gasteiger partial charge in [0.25, 0.3) is 5.95 Å².